The normalized spacial score (nSPS) is 21.1. The van der Waals surface area contributed by atoms with Crippen molar-refractivity contribution in [2.24, 2.45) is 5.92 Å². The number of nitrogens with one attached hydrogen (secondary N) is 1. The highest BCUT2D eigenvalue weighted by atomic mass is 19.1. The monoisotopic (exact) mass is 426 g/mol. The second-order valence-corrected chi connectivity index (χ2v) is 8.23. The van der Waals surface area contributed by atoms with Gasteiger partial charge in [-0.1, -0.05) is 42.2 Å². The largest absolute Gasteiger partial charge is 0.394 e. The Morgan fingerprint density at radius 3 is 2.56 bits per heavy atom. The Kier molecular flexibility index (Phi) is 5.38. The number of anilines is 1. The third kappa shape index (κ3) is 3.63. The Labute approximate surface area is 186 Å². The molecule has 0 spiro atoms. The van der Waals surface area contributed by atoms with Crippen LogP contribution in [0.1, 0.15) is 39.5 Å². The van der Waals surface area contributed by atoms with Crippen LogP contribution >= 0.6 is 0 Å². The van der Waals surface area contributed by atoms with Crippen LogP contribution in [0, 0.1) is 23.6 Å². The summed E-state index contributed by atoms with van der Waals surface area (Å²) in [5.41, 5.74) is 3.69. The van der Waals surface area contributed by atoms with Crippen LogP contribution in [0.4, 0.5) is 10.1 Å². The molecule has 0 aliphatic carbocycles. The molecule has 0 radical (unpaired) electrons. The molecule has 5 rings (SSSR count). The summed E-state index contributed by atoms with van der Waals surface area (Å²) >= 11 is 0. The van der Waals surface area contributed by atoms with Gasteiger partial charge in [0.25, 0.3) is 5.91 Å². The van der Waals surface area contributed by atoms with Gasteiger partial charge in [0.2, 0.25) is 0 Å². The highest BCUT2D eigenvalue weighted by molar-refractivity contribution is 5.95. The molecule has 5 heteroatoms. The van der Waals surface area contributed by atoms with Gasteiger partial charge < -0.3 is 15.3 Å². The van der Waals surface area contributed by atoms with Crippen molar-refractivity contribution >= 4 is 11.6 Å². The van der Waals surface area contributed by atoms with Crippen LogP contribution in [0.25, 0.3) is 0 Å². The summed E-state index contributed by atoms with van der Waals surface area (Å²) in [5.74, 6) is 5.59. The van der Waals surface area contributed by atoms with E-state index in [-0.39, 0.29) is 36.1 Å². The number of aliphatic hydroxyl groups is 1. The van der Waals surface area contributed by atoms with Crippen LogP contribution in [0.3, 0.4) is 0 Å². The first-order valence-corrected chi connectivity index (χ1v) is 10.8. The molecule has 0 bridgehead atoms. The fourth-order valence-electron chi connectivity index (χ4n) is 4.82. The number of nitrogens with zero attached hydrogens (tertiary/aromatic N) is 1. The zero-order valence-electron chi connectivity index (χ0n) is 17.5. The van der Waals surface area contributed by atoms with Crippen LogP contribution in [0.15, 0.2) is 72.8 Å². The highest BCUT2D eigenvalue weighted by Gasteiger charge is 2.46. The van der Waals surface area contributed by atoms with Crippen LogP contribution in [-0.2, 0) is 0 Å². The molecule has 2 heterocycles. The van der Waals surface area contributed by atoms with E-state index in [1.54, 1.807) is 17.0 Å². The molecule has 3 aromatic rings. The molecule has 1 fully saturated rings. The SMILES string of the molecule is O=C(c1ccccc1F)N1CC[C@@H]2[C@H](CO)Nc3ccc(C#Cc4ccccc4)cc3[C@@H]21. The summed E-state index contributed by atoms with van der Waals surface area (Å²) < 4.78 is 14.4. The number of amides is 1. The molecule has 2 aliphatic heterocycles. The molecule has 2 aliphatic rings. The van der Waals surface area contributed by atoms with Gasteiger partial charge in [0.05, 0.1) is 24.3 Å². The van der Waals surface area contributed by atoms with E-state index in [2.05, 4.69) is 17.2 Å². The maximum Gasteiger partial charge on any atom is 0.257 e. The molecular weight excluding hydrogens is 403 g/mol. The Morgan fingerprint density at radius 2 is 1.78 bits per heavy atom. The predicted molar refractivity (Wildman–Crippen MR) is 122 cm³/mol. The molecule has 0 aromatic heterocycles. The van der Waals surface area contributed by atoms with Gasteiger partial charge in [-0.2, -0.15) is 0 Å². The fraction of sp³-hybridized carbons (Fsp3) is 0.222. The van der Waals surface area contributed by atoms with Crippen molar-refractivity contribution < 1.29 is 14.3 Å². The number of aliphatic hydroxyl groups excluding tert-OH is 1. The quantitative estimate of drug-likeness (QED) is 0.604. The maximum atomic E-state index is 14.4. The van der Waals surface area contributed by atoms with Gasteiger partial charge >= 0.3 is 0 Å². The molecule has 3 atom stereocenters. The van der Waals surface area contributed by atoms with Gasteiger partial charge in [-0.05, 0) is 54.4 Å². The fourth-order valence-corrected chi connectivity index (χ4v) is 4.82. The van der Waals surface area contributed by atoms with Crippen molar-refractivity contribution in [3.05, 3.63) is 101 Å². The number of carbonyl (C=O) groups excluding carboxylic acids is 1. The lowest BCUT2D eigenvalue weighted by molar-refractivity contribution is 0.0696. The summed E-state index contributed by atoms with van der Waals surface area (Å²) in [4.78, 5) is 15.0. The lowest BCUT2D eigenvalue weighted by atomic mass is 9.82. The zero-order chi connectivity index (χ0) is 22.1. The number of likely N-dealkylation sites (tertiary alicyclic amines) is 1. The number of benzene rings is 3. The second-order valence-electron chi connectivity index (χ2n) is 8.23. The van der Waals surface area contributed by atoms with Gasteiger partial charge in [-0.25, -0.2) is 4.39 Å². The van der Waals surface area contributed by atoms with Crippen molar-refractivity contribution in [1.29, 1.82) is 0 Å². The lowest BCUT2D eigenvalue weighted by Gasteiger charge is -2.39. The van der Waals surface area contributed by atoms with E-state index >= 15 is 0 Å². The molecule has 3 aromatic carbocycles. The highest BCUT2D eigenvalue weighted by Crippen LogP contribution is 2.47. The third-order valence-electron chi connectivity index (χ3n) is 6.36. The Balaban J connectivity index is 1.53. The number of fused-ring (bicyclic) bond motifs is 3. The molecule has 1 amide bonds. The second kappa shape index (κ2) is 8.49. The topological polar surface area (TPSA) is 52.6 Å². The van der Waals surface area contributed by atoms with E-state index in [0.29, 0.717) is 6.54 Å². The molecule has 0 unspecified atom stereocenters. The maximum absolute atomic E-state index is 14.4. The van der Waals surface area contributed by atoms with Crippen LogP contribution in [0.2, 0.25) is 0 Å². The molecule has 0 saturated carbocycles. The van der Waals surface area contributed by atoms with E-state index in [0.717, 1.165) is 28.8 Å². The van der Waals surface area contributed by atoms with Crippen molar-refractivity contribution in [1.82, 2.24) is 4.90 Å². The summed E-state index contributed by atoms with van der Waals surface area (Å²) in [6, 6.07) is 21.4. The van der Waals surface area contributed by atoms with Crippen molar-refractivity contribution in [3.8, 4) is 11.8 Å². The molecule has 1 saturated heterocycles. The molecule has 32 heavy (non-hydrogen) atoms. The Morgan fingerprint density at radius 1 is 1.03 bits per heavy atom. The molecule has 2 N–H and O–H groups in total. The van der Waals surface area contributed by atoms with Crippen LogP contribution in [0.5, 0.6) is 0 Å². The van der Waals surface area contributed by atoms with Crippen LogP contribution < -0.4 is 5.32 Å². The lowest BCUT2D eigenvalue weighted by Crippen LogP contribution is -2.43. The first-order valence-electron chi connectivity index (χ1n) is 10.8. The van der Waals surface area contributed by atoms with E-state index in [1.165, 1.54) is 12.1 Å². The number of hydrogen-bond acceptors (Lipinski definition) is 3. The average Bonchev–Trinajstić information content (AvgIpc) is 3.28. The van der Waals surface area contributed by atoms with Gasteiger partial charge in [0, 0.05) is 29.3 Å². The molecule has 4 nitrogen and oxygen atoms in total. The minimum Gasteiger partial charge on any atom is -0.394 e. The minimum absolute atomic E-state index is 0.0299. The summed E-state index contributed by atoms with van der Waals surface area (Å²) in [7, 11) is 0. The standard InChI is InChI=1S/C27H23FN2O2/c28-23-9-5-4-8-20(23)27(32)30-15-14-21-25(17-31)29-24-13-12-19(16-22(24)26(21)30)11-10-18-6-2-1-3-7-18/h1-9,12-13,16,21,25-26,29,31H,14-15,17H2/t21-,25+,26-/m1/s1. The van der Waals surface area contributed by atoms with Crippen molar-refractivity contribution in [3.63, 3.8) is 0 Å². The number of hydrogen-bond donors (Lipinski definition) is 2. The summed E-state index contributed by atoms with van der Waals surface area (Å²) in [6.45, 7) is 0.484. The van der Waals surface area contributed by atoms with E-state index in [9.17, 15) is 14.3 Å². The zero-order valence-corrected chi connectivity index (χ0v) is 17.5. The van der Waals surface area contributed by atoms with Gasteiger partial charge in [-0.15, -0.1) is 0 Å². The summed E-state index contributed by atoms with van der Waals surface area (Å²) in [6.07, 6.45) is 0.739. The predicted octanol–water partition coefficient (Wildman–Crippen LogP) is 4.22. The minimum atomic E-state index is -0.517. The van der Waals surface area contributed by atoms with Crippen molar-refractivity contribution in [2.75, 3.05) is 18.5 Å². The molecule has 160 valence electrons. The first kappa shape index (κ1) is 20.3. The third-order valence-corrected chi connectivity index (χ3v) is 6.36. The van der Waals surface area contributed by atoms with E-state index in [4.69, 9.17) is 0 Å². The van der Waals surface area contributed by atoms with Gasteiger partial charge in [-0.3, -0.25) is 4.79 Å². The van der Waals surface area contributed by atoms with Gasteiger partial charge in [0.1, 0.15) is 5.82 Å². The summed E-state index contributed by atoms with van der Waals surface area (Å²) in [5, 5.41) is 13.4. The van der Waals surface area contributed by atoms with Gasteiger partial charge in [0.15, 0.2) is 0 Å². The number of carbonyl (C=O) groups is 1. The smallest absolute Gasteiger partial charge is 0.257 e. The van der Waals surface area contributed by atoms with Crippen molar-refractivity contribution in [2.45, 2.75) is 18.5 Å². The Bertz CT molecular complexity index is 1220. The first-order chi connectivity index (χ1) is 15.7. The molecular formula is C27H23FN2O2. The number of halogens is 1. The van der Waals surface area contributed by atoms with E-state index < -0.39 is 5.82 Å². The Hall–Kier alpha value is -3.62. The van der Waals surface area contributed by atoms with E-state index in [1.807, 2.05) is 48.5 Å². The number of rotatable bonds is 2. The average molecular weight is 426 g/mol. The van der Waals surface area contributed by atoms with Crippen LogP contribution in [-0.4, -0.2) is 35.1 Å².